The normalized spacial score (nSPS) is 10.2. The molecule has 0 aliphatic rings. The molecule has 13 heavy (non-hydrogen) atoms. The summed E-state index contributed by atoms with van der Waals surface area (Å²) >= 11 is 0. The molecule has 66 valence electrons. The van der Waals surface area contributed by atoms with Gasteiger partial charge >= 0.3 is 51.4 Å². The van der Waals surface area contributed by atoms with Crippen molar-refractivity contribution in [2.45, 2.75) is 0 Å². The molecule has 0 aromatic heterocycles. The molecule has 0 bridgehead atoms. The molecule has 0 saturated heterocycles. The number of anilines is 1. The first-order chi connectivity index (χ1) is 5.47. The second-order valence-electron chi connectivity index (χ2n) is 2.10. The van der Waals surface area contributed by atoms with E-state index in [2.05, 4.69) is 0 Å². The molecule has 0 radical (unpaired) electrons. The summed E-state index contributed by atoms with van der Waals surface area (Å²) in [4.78, 5) is 0. The Morgan fingerprint density at radius 2 is 1.69 bits per heavy atom. The van der Waals surface area contributed by atoms with Gasteiger partial charge in [0.15, 0.2) is 10.3 Å². The van der Waals surface area contributed by atoms with E-state index in [4.69, 9.17) is 5.11 Å². The van der Waals surface area contributed by atoms with E-state index in [0.717, 1.165) is 0 Å². The minimum Gasteiger partial charge on any atom is -0.731 e. The summed E-state index contributed by atoms with van der Waals surface area (Å²) in [7, 11) is -4.47. The van der Waals surface area contributed by atoms with Crippen molar-refractivity contribution in [3.8, 4) is 5.75 Å². The zero-order chi connectivity index (χ0) is 9.19. The topological polar surface area (TPSA) is 89.5 Å². The van der Waals surface area contributed by atoms with E-state index >= 15 is 0 Å². The van der Waals surface area contributed by atoms with Gasteiger partial charge in [0, 0.05) is 5.69 Å². The van der Waals surface area contributed by atoms with E-state index in [1.807, 2.05) is 0 Å². The van der Waals surface area contributed by atoms with Gasteiger partial charge in [0.1, 0.15) is 5.75 Å². The van der Waals surface area contributed by atoms with E-state index < -0.39 is 10.3 Å². The Bertz CT molecular complexity index is 361. The molecule has 0 amide bonds. The fourth-order valence-corrected chi connectivity index (χ4v) is 1.10. The minimum atomic E-state index is -4.47. The molecular weight excluding hydrogens is 221 g/mol. The average Bonchev–Trinajstić information content (AvgIpc) is 1.91. The van der Waals surface area contributed by atoms with E-state index in [0.29, 0.717) is 0 Å². The van der Waals surface area contributed by atoms with Crippen LogP contribution in [-0.4, -0.2) is 18.1 Å². The average molecular weight is 227 g/mol. The molecule has 2 N–H and O–H groups in total. The number of hydrogen-bond acceptors (Lipinski definition) is 4. The van der Waals surface area contributed by atoms with Crippen LogP contribution < -0.4 is 56.1 Å². The number of rotatable bonds is 2. The molecule has 0 spiro atoms. The van der Waals surface area contributed by atoms with Gasteiger partial charge in [-0.1, -0.05) is 0 Å². The molecule has 5 nitrogen and oxygen atoms in total. The Morgan fingerprint density at radius 1 is 1.23 bits per heavy atom. The molecule has 0 fully saturated rings. The van der Waals surface area contributed by atoms with Crippen LogP contribution in [0.15, 0.2) is 24.3 Å². The van der Waals surface area contributed by atoms with Gasteiger partial charge in [0.05, 0.1) is 0 Å². The van der Waals surface area contributed by atoms with E-state index in [-0.39, 0.29) is 62.8 Å². The molecule has 0 aliphatic heterocycles. The van der Waals surface area contributed by atoms with Crippen molar-refractivity contribution in [2.24, 2.45) is 0 Å². The Labute approximate surface area is 118 Å². The van der Waals surface area contributed by atoms with Crippen molar-refractivity contribution in [3.05, 3.63) is 24.3 Å². The summed E-state index contributed by atoms with van der Waals surface area (Å²) in [5.41, 5.74) is 0.128. The molecular formula is C6H6KNO4S. The van der Waals surface area contributed by atoms with Crippen LogP contribution in [0.3, 0.4) is 0 Å². The smallest absolute Gasteiger partial charge is 0.731 e. The predicted octanol–water partition coefficient (Wildman–Crippen LogP) is -2.73. The maximum absolute atomic E-state index is 10.2. The molecule has 0 unspecified atom stereocenters. The van der Waals surface area contributed by atoms with Crippen LogP contribution in [0, 0.1) is 0 Å². The van der Waals surface area contributed by atoms with Crippen molar-refractivity contribution in [1.82, 2.24) is 0 Å². The van der Waals surface area contributed by atoms with Crippen LogP contribution in [0.4, 0.5) is 5.69 Å². The summed E-state index contributed by atoms with van der Waals surface area (Å²) in [5.74, 6) is 0.00356. The molecule has 0 saturated carbocycles. The monoisotopic (exact) mass is 227 g/mol. The zero-order valence-electron chi connectivity index (χ0n) is 6.89. The standard InChI is InChI=1S/C6H7NO4S.K/c8-6-3-1-5(2-4-6)7-12(9,10)11;/h1-4,7-8H,(H,9,10,11);/q;+1/p-1. The molecule has 0 aliphatic carbocycles. The van der Waals surface area contributed by atoms with Crippen molar-refractivity contribution in [1.29, 1.82) is 0 Å². The van der Waals surface area contributed by atoms with Gasteiger partial charge in [-0.05, 0) is 24.3 Å². The van der Waals surface area contributed by atoms with Crippen molar-refractivity contribution < 1.29 is 69.5 Å². The predicted molar refractivity (Wildman–Crippen MR) is 41.4 cm³/mol. The quantitative estimate of drug-likeness (QED) is 0.326. The van der Waals surface area contributed by atoms with Gasteiger partial charge in [0.2, 0.25) is 0 Å². The summed E-state index contributed by atoms with van der Waals surface area (Å²) in [6.45, 7) is 0. The Morgan fingerprint density at radius 3 is 2.08 bits per heavy atom. The van der Waals surface area contributed by atoms with E-state index in [1.54, 1.807) is 4.72 Å². The maximum atomic E-state index is 10.2. The number of phenols is 1. The van der Waals surface area contributed by atoms with E-state index in [1.165, 1.54) is 24.3 Å². The second-order valence-corrected chi connectivity index (χ2v) is 3.22. The van der Waals surface area contributed by atoms with Crippen LogP contribution in [0.1, 0.15) is 0 Å². The van der Waals surface area contributed by atoms with Crippen LogP contribution in [0.5, 0.6) is 5.75 Å². The fourth-order valence-electron chi connectivity index (χ4n) is 0.674. The first kappa shape index (κ1) is 13.4. The van der Waals surface area contributed by atoms with E-state index in [9.17, 15) is 13.0 Å². The third-order valence-electron chi connectivity index (χ3n) is 1.11. The number of nitrogens with one attached hydrogen (secondary N) is 1. The van der Waals surface area contributed by atoms with Gasteiger partial charge in [-0.25, -0.2) is 8.42 Å². The van der Waals surface area contributed by atoms with Crippen LogP contribution in [-0.2, 0) is 10.3 Å². The Hall–Kier alpha value is 0.366. The summed E-state index contributed by atoms with van der Waals surface area (Å²) in [6, 6.07) is 5.11. The summed E-state index contributed by atoms with van der Waals surface area (Å²) in [5, 5.41) is 8.80. The van der Waals surface area contributed by atoms with Gasteiger partial charge < -0.3 is 9.66 Å². The molecule has 0 atom stereocenters. The second kappa shape index (κ2) is 5.30. The first-order valence-electron chi connectivity index (χ1n) is 3.00. The third-order valence-corrected chi connectivity index (χ3v) is 1.60. The van der Waals surface area contributed by atoms with Gasteiger partial charge in [-0.15, -0.1) is 0 Å². The molecule has 0 heterocycles. The van der Waals surface area contributed by atoms with Crippen LogP contribution >= 0.6 is 0 Å². The molecule has 7 heteroatoms. The van der Waals surface area contributed by atoms with Crippen molar-refractivity contribution in [2.75, 3.05) is 4.72 Å². The van der Waals surface area contributed by atoms with Crippen LogP contribution in [0.2, 0.25) is 0 Å². The molecule has 1 aromatic rings. The zero-order valence-corrected chi connectivity index (χ0v) is 10.8. The third kappa shape index (κ3) is 5.63. The first-order valence-corrected chi connectivity index (χ1v) is 4.41. The largest absolute Gasteiger partial charge is 1.00 e. The Balaban J connectivity index is 0.00000144. The molecule has 1 rings (SSSR count). The molecule has 1 aromatic carbocycles. The SMILES string of the molecule is O=S(=O)([O-])Nc1ccc(O)cc1.[K+]. The number of hydrogen-bond donors (Lipinski definition) is 2. The fraction of sp³-hybridized carbons (Fsp3) is 0. The Kier molecular flexibility index (Phi) is 5.45. The summed E-state index contributed by atoms with van der Waals surface area (Å²) in [6.07, 6.45) is 0. The van der Waals surface area contributed by atoms with Crippen LogP contribution in [0.25, 0.3) is 0 Å². The number of benzene rings is 1. The van der Waals surface area contributed by atoms with Crippen molar-refractivity contribution in [3.63, 3.8) is 0 Å². The number of aromatic hydroxyl groups is 1. The van der Waals surface area contributed by atoms with Crippen molar-refractivity contribution >= 4 is 16.0 Å². The number of phenolic OH excluding ortho intramolecular Hbond substituents is 1. The van der Waals surface area contributed by atoms with Gasteiger partial charge in [-0.3, -0.25) is 4.72 Å². The van der Waals surface area contributed by atoms with Gasteiger partial charge in [0.25, 0.3) is 0 Å². The van der Waals surface area contributed by atoms with Gasteiger partial charge in [-0.2, -0.15) is 0 Å². The maximum Gasteiger partial charge on any atom is 1.00 e. The minimum absolute atomic E-state index is 0. The summed E-state index contributed by atoms with van der Waals surface area (Å²) < 4.78 is 32.2.